The zero-order valence-electron chi connectivity index (χ0n) is 12.1. The molecular weight excluding hydrogens is 380 g/mol. The van der Waals surface area contributed by atoms with E-state index in [-0.39, 0.29) is 17.0 Å². The van der Waals surface area contributed by atoms with Crippen LogP contribution in [0.1, 0.15) is 10.4 Å². The van der Waals surface area contributed by atoms with Crippen LogP contribution in [0.4, 0.5) is 5.69 Å². The fourth-order valence-corrected chi connectivity index (χ4v) is 3.27. The van der Waals surface area contributed by atoms with E-state index < -0.39 is 15.9 Å². The molecule has 0 spiro atoms. The molecule has 0 aliphatic carbocycles. The minimum absolute atomic E-state index is 0.0146. The number of rotatable bonds is 6. The van der Waals surface area contributed by atoms with Crippen LogP contribution in [0.2, 0.25) is 0 Å². The molecule has 0 saturated heterocycles. The maximum absolute atomic E-state index is 12.4. The van der Waals surface area contributed by atoms with E-state index in [2.05, 4.69) is 32.5 Å². The molecule has 0 atom stereocenters. The van der Waals surface area contributed by atoms with E-state index in [0.717, 1.165) is 0 Å². The van der Waals surface area contributed by atoms with E-state index in [9.17, 15) is 13.2 Å². The quantitative estimate of drug-likeness (QED) is 0.738. The molecule has 2 aromatic carbocycles. The summed E-state index contributed by atoms with van der Waals surface area (Å²) in [5.41, 5.74) is 0.859. The van der Waals surface area contributed by atoms with Gasteiger partial charge in [0.15, 0.2) is 0 Å². The van der Waals surface area contributed by atoms with Gasteiger partial charge < -0.3 is 5.32 Å². The van der Waals surface area contributed by atoms with Gasteiger partial charge in [-0.3, -0.25) is 4.79 Å². The first-order valence-corrected chi connectivity index (χ1v) is 8.98. The van der Waals surface area contributed by atoms with Crippen molar-refractivity contribution in [2.24, 2.45) is 0 Å². The van der Waals surface area contributed by atoms with Crippen LogP contribution in [0.3, 0.4) is 0 Å². The minimum atomic E-state index is -3.69. The molecule has 2 N–H and O–H groups in total. The molecule has 0 aliphatic heterocycles. The highest BCUT2D eigenvalue weighted by atomic mass is 79.9. The maximum Gasteiger partial charge on any atom is 0.256 e. The summed E-state index contributed by atoms with van der Waals surface area (Å²) in [7, 11) is -3.69. The summed E-state index contributed by atoms with van der Waals surface area (Å²) in [6, 6.07) is 13.2. The van der Waals surface area contributed by atoms with Crippen molar-refractivity contribution in [3.63, 3.8) is 0 Å². The monoisotopic (exact) mass is 394 g/mol. The number of benzene rings is 2. The average molecular weight is 395 g/mol. The van der Waals surface area contributed by atoms with E-state index >= 15 is 0 Å². The van der Waals surface area contributed by atoms with Gasteiger partial charge in [0.2, 0.25) is 10.0 Å². The summed E-state index contributed by atoms with van der Waals surface area (Å²) < 4.78 is 27.1. The lowest BCUT2D eigenvalue weighted by Gasteiger charge is -2.10. The topological polar surface area (TPSA) is 75.3 Å². The lowest BCUT2D eigenvalue weighted by atomic mass is 10.2. The second kappa shape index (κ2) is 7.54. The van der Waals surface area contributed by atoms with Gasteiger partial charge in [0.05, 0.1) is 10.5 Å². The van der Waals surface area contributed by atoms with E-state index in [1.54, 1.807) is 24.3 Å². The van der Waals surface area contributed by atoms with Crippen molar-refractivity contribution < 1.29 is 13.2 Å². The molecule has 1 amide bonds. The molecule has 0 radical (unpaired) electrons. The second-order valence-electron chi connectivity index (χ2n) is 4.60. The SMILES string of the molecule is C=CCNS(=O)(=O)c1ccc(Br)c(C(=O)Nc2ccccc2)c1. The molecule has 2 aromatic rings. The number of carbonyl (C=O) groups is 1. The molecule has 0 bridgehead atoms. The Bertz CT molecular complexity index is 820. The van der Waals surface area contributed by atoms with Crippen molar-refractivity contribution in [2.45, 2.75) is 4.90 Å². The number of amides is 1. The van der Waals surface area contributed by atoms with Gasteiger partial charge >= 0.3 is 0 Å². The van der Waals surface area contributed by atoms with Crippen LogP contribution in [-0.2, 0) is 10.0 Å². The molecule has 0 saturated carbocycles. The third-order valence-electron chi connectivity index (χ3n) is 2.94. The van der Waals surface area contributed by atoms with Gasteiger partial charge in [0.1, 0.15) is 0 Å². The van der Waals surface area contributed by atoms with Crippen LogP contribution in [0.5, 0.6) is 0 Å². The molecule has 0 unspecified atom stereocenters. The van der Waals surface area contributed by atoms with Gasteiger partial charge in [0.25, 0.3) is 5.91 Å². The zero-order chi connectivity index (χ0) is 16.9. The first kappa shape index (κ1) is 17.4. The Labute approximate surface area is 143 Å². The molecule has 5 nitrogen and oxygen atoms in total. The van der Waals surface area contributed by atoms with E-state index in [0.29, 0.717) is 10.2 Å². The molecule has 23 heavy (non-hydrogen) atoms. The van der Waals surface area contributed by atoms with Crippen molar-refractivity contribution in [1.29, 1.82) is 0 Å². The van der Waals surface area contributed by atoms with Gasteiger partial charge in [-0.25, -0.2) is 13.1 Å². The number of sulfonamides is 1. The van der Waals surface area contributed by atoms with Crippen molar-refractivity contribution in [3.05, 3.63) is 71.2 Å². The Balaban J connectivity index is 2.30. The van der Waals surface area contributed by atoms with Crippen molar-refractivity contribution >= 4 is 37.5 Å². The van der Waals surface area contributed by atoms with E-state index in [1.165, 1.54) is 24.3 Å². The van der Waals surface area contributed by atoms with Gasteiger partial charge in [-0.1, -0.05) is 24.3 Å². The second-order valence-corrected chi connectivity index (χ2v) is 7.22. The number of anilines is 1. The van der Waals surface area contributed by atoms with E-state index in [1.807, 2.05) is 6.07 Å². The highest BCUT2D eigenvalue weighted by molar-refractivity contribution is 9.10. The highest BCUT2D eigenvalue weighted by Gasteiger charge is 2.18. The number of para-hydroxylation sites is 1. The Morgan fingerprint density at radius 3 is 2.52 bits per heavy atom. The van der Waals surface area contributed by atoms with Crippen LogP contribution in [-0.4, -0.2) is 20.9 Å². The Hall–Kier alpha value is -1.96. The number of nitrogens with one attached hydrogen (secondary N) is 2. The smallest absolute Gasteiger partial charge is 0.256 e. The van der Waals surface area contributed by atoms with Crippen LogP contribution < -0.4 is 10.0 Å². The minimum Gasteiger partial charge on any atom is -0.322 e. The normalized spacial score (nSPS) is 11.0. The highest BCUT2D eigenvalue weighted by Crippen LogP contribution is 2.22. The lowest BCUT2D eigenvalue weighted by Crippen LogP contribution is -2.24. The first-order chi connectivity index (χ1) is 10.9. The Morgan fingerprint density at radius 2 is 1.87 bits per heavy atom. The predicted octanol–water partition coefficient (Wildman–Crippen LogP) is 3.17. The van der Waals surface area contributed by atoms with E-state index in [4.69, 9.17) is 0 Å². The molecular formula is C16H15BrN2O3S. The summed E-state index contributed by atoms with van der Waals surface area (Å²) in [4.78, 5) is 12.4. The summed E-state index contributed by atoms with van der Waals surface area (Å²) in [5.74, 6) is -0.399. The standard InChI is InChI=1S/C16H15BrN2O3S/c1-2-10-18-23(21,22)13-8-9-15(17)14(11-13)16(20)19-12-6-4-3-5-7-12/h2-9,11,18H,1,10H2,(H,19,20). The van der Waals surface area contributed by atoms with Crippen LogP contribution >= 0.6 is 15.9 Å². The third-order valence-corrected chi connectivity index (χ3v) is 5.05. The van der Waals surface area contributed by atoms with Crippen molar-refractivity contribution in [3.8, 4) is 0 Å². The zero-order valence-corrected chi connectivity index (χ0v) is 14.5. The third kappa shape index (κ3) is 4.51. The van der Waals surface area contributed by atoms with Crippen molar-refractivity contribution in [2.75, 3.05) is 11.9 Å². The maximum atomic E-state index is 12.4. The average Bonchev–Trinajstić information content (AvgIpc) is 2.54. The summed E-state index contributed by atoms with van der Waals surface area (Å²) >= 11 is 3.27. The lowest BCUT2D eigenvalue weighted by molar-refractivity contribution is 0.102. The number of carbonyl (C=O) groups excluding carboxylic acids is 1. The number of hydrogen-bond acceptors (Lipinski definition) is 3. The van der Waals surface area contributed by atoms with Gasteiger partial charge in [-0.2, -0.15) is 0 Å². The summed E-state index contributed by atoms with van der Waals surface area (Å²) in [6.45, 7) is 3.58. The fourth-order valence-electron chi connectivity index (χ4n) is 1.82. The first-order valence-electron chi connectivity index (χ1n) is 6.70. The number of hydrogen-bond donors (Lipinski definition) is 2. The van der Waals surface area contributed by atoms with Gasteiger partial charge in [-0.05, 0) is 46.3 Å². The molecule has 0 fully saturated rings. The van der Waals surface area contributed by atoms with Gasteiger partial charge in [-0.15, -0.1) is 6.58 Å². The summed E-state index contributed by atoms with van der Waals surface area (Å²) in [5, 5.41) is 2.72. The largest absolute Gasteiger partial charge is 0.322 e. The van der Waals surface area contributed by atoms with Gasteiger partial charge in [0, 0.05) is 16.7 Å². The molecule has 7 heteroatoms. The Morgan fingerprint density at radius 1 is 1.17 bits per heavy atom. The van der Waals surface area contributed by atoms with Crippen LogP contribution in [0.15, 0.2) is 70.6 Å². The van der Waals surface area contributed by atoms with Crippen LogP contribution in [0.25, 0.3) is 0 Å². The predicted molar refractivity (Wildman–Crippen MR) is 93.9 cm³/mol. The molecule has 120 valence electrons. The number of halogens is 1. The van der Waals surface area contributed by atoms with Crippen LogP contribution in [0, 0.1) is 0 Å². The molecule has 0 aromatic heterocycles. The molecule has 2 rings (SSSR count). The Kier molecular flexibility index (Phi) is 5.70. The van der Waals surface area contributed by atoms with Crippen molar-refractivity contribution in [1.82, 2.24) is 4.72 Å². The fraction of sp³-hybridized carbons (Fsp3) is 0.0625. The summed E-state index contributed by atoms with van der Waals surface area (Å²) in [6.07, 6.45) is 1.44. The molecule has 0 heterocycles. The molecule has 0 aliphatic rings.